The molecule has 2 aromatic carbocycles. The molecule has 9 heteroatoms. The molecule has 8 nitrogen and oxygen atoms in total. The summed E-state index contributed by atoms with van der Waals surface area (Å²) in [4.78, 5) is 37.6. The van der Waals surface area contributed by atoms with Crippen LogP contribution in [-0.4, -0.2) is 48.1 Å². The number of rotatable bonds is 8. The largest absolute Gasteiger partial charge is 0.487 e. The number of thioether (sulfide) groups is 1. The highest BCUT2D eigenvalue weighted by Crippen LogP contribution is 2.28. The number of nitrogens with zero attached hydrogens (tertiary/aromatic N) is 2. The van der Waals surface area contributed by atoms with Gasteiger partial charge in [-0.25, -0.2) is 0 Å². The summed E-state index contributed by atoms with van der Waals surface area (Å²) in [6.45, 7) is 1.79. The van der Waals surface area contributed by atoms with E-state index in [1.165, 1.54) is 35.8 Å². The lowest BCUT2D eigenvalue weighted by Gasteiger charge is -2.18. The van der Waals surface area contributed by atoms with E-state index in [1.54, 1.807) is 13.0 Å². The van der Waals surface area contributed by atoms with Crippen LogP contribution >= 0.6 is 11.8 Å². The Balaban J connectivity index is 2.10. The van der Waals surface area contributed by atoms with E-state index < -0.39 is 10.8 Å². The van der Waals surface area contributed by atoms with E-state index >= 15 is 0 Å². The number of nitro groups is 1. The Bertz CT molecular complexity index is 888. The molecule has 0 saturated carbocycles. The van der Waals surface area contributed by atoms with Crippen LogP contribution < -0.4 is 10.1 Å². The molecular formula is C19H21N3O5S. The number of para-hydroxylation sites is 1. The second kappa shape index (κ2) is 9.75. The quantitative estimate of drug-likeness (QED) is 0.412. The molecule has 1 N–H and O–H groups in total. The van der Waals surface area contributed by atoms with Gasteiger partial charge in [-0.1, -0.05) is 12.1 Å². The fraction of sp³-hybridized carbons (Fsp3) is 0.263. The molecule has 0 spiro atoms. The highest BCUT2D eigenvalue weighted by molar-refractivity contribution is 7.98. The Morgan fingerprint density at radius 1 is 1.25 bits per heavy atom. The number of anilines is 1. The zero-order chi connectivity index (χ0) is 20.7. The SMILES string of the molecule is CCOc1ccc(C(=O)N(C)CC(=O)Nc2ccccc2SC)cc1[N+](=O)[O-]. The molecule has 0 fully saturated rings. The molecule has 0 radical (unpaired) electrons. The number of nitro benzene ring substituents is 1. The highest BCUT2D eigenvalue weighted by atomic mass is 32.2. The van der Waals surface area contributed by atoms with Crippen LogP contribution in [0.2, 0.25) is 0 Å². The summed E-state index contributed by atoms with van der Waals surface area (Å²) < 4.78 is 5.21. The zero-order valence-corrected chi connectivity index (χ0v) is 16.6. The summed E-state index contributed by atoms with van der Waals surface area (Å²) >= 11 is 1.50. The van der Waals surface area contributed by atoms with Gasteiger partial charge >= 0.3 is 5.69 Å². The standard InChI is InChI=1S/C19H21N3O5S/c1-4-27-16-10-9-13(11-15(16)22(25)26)19(24)21(2)12-18(23)20-14-7-5-6-8-17(14)28-3/h5-11H,4,12H2,1-3H3,(H,20,23). The Kier molecular flexibility index (Phi) is 7.39. The van der Waals surface area contributed by atoms with Crippen LogP contribution in [0.25, 0.3) is 0 Å². The van der Waals surface area contributed by atoms with Crippen LogP contribution in [0, 0.1) is 10.1 Å². The smallest absolute Gasteiger partial charge is 0.311 e. The summed E-state index contributed by atoms with van der Waals surface area (Å²) in [7, 11) is 1.46. The summed E-state index contributed by atoms with van der Waals surface area (Å²) in [5.41, 5.74) is 0.479. The molecule has 0 unspecified atom stereocenters. The van der Waals surface area contributed by atoms with Gasteiger partial charge in [-0.3, -0.25) is 19.7 Å². The number of ether oxygens (including phenoxy) is 1. The van der Waals surface area contributed by atoms with Gasteiger partial charge in [-0.05, 0) is 37.4 Å². The van der Waals surface area contributed by atoms with Crippen molar-refractivity contribution in [2.24, 2.45) is 0 Å². The lowest BCUT2D eigenvalue weighted by atomic mass is 10.1. The van der Waals surface area contributed by atoms with Crippen molar-refractivity contribution in [2.75, 3.05) is 31.8 Å². The van der Waals surface area contributed by atoms with E-state index in [0.717, 1.165) is 11.0 Å². The minimum Gasteiger partial charge on any atom is -0.487 e. The summed E-state index contributed by atoms with van der Waals surface area (Å²) in [5.74, 6) is -0.768. The van der Waals surface area contributed by atoms with Crippen LogP contribution in [0.15, 0.2) is 47.4 Å². The minimum atomic E-state index is -0.603. The minimum absolute atomic E-state index is 0.0955. The molecule has 28 heavy (non-hydrogen) atoms. The average Bonchev–Trinajstić information content (AvgIpc) is 2.68. The van der Waals surface area contributed by atoms with Gasteiger partial charge in [0.2, 0.25) is 5.91 Å². The normalized spacial score (nSPS) is 10.2. The molecule has 0 aliphatic heterocycles. The molecule has 0 heterocycles. The number of carbonyl (C=O) groups excluding carboxylic acids is 2. The second-order valence-corrected chi connectivity index (χ2v) is 6.63. The average molecular weight is 403 g/mol. The first-order valence-corrected chi connectivity index (χ1v) is 9.69. The maximum atomic E-state index is 12.6. The third-order valence-electron chi connectivity index (χ3n) is 3.81. The van der Waals surface area contributed by atoms with Gasteiger partial charge in [0.1, 0.15) is 0 Å². The lowest BCUT2D eigenvalue weighted by molar-refractivity contribution is -0.385. The molecular weight excluding hydrogens is 382 g/mol. The number of hydrogen-bond donors (Lipinski definition) is 1. The van der Waals surface area contributed by atoms with Gasteiger partial charge in [-0.15, -0.1) is 11.8 Å². The molecule has 0 atom stereocenters. The first-order chi connectivity index (χ1) is 13.4. The molecule has 0 bridgehead atoms. The predicted octanol–water partition coefficient (Wildman–Crippen LogP) is 3.43. The molecule has 0 aliphatic carbocycles. The van der Waals surface area contributed by atoms with E-state index in [9.17, 15) is 19.7 Å². The fourth-order valence-electron chi connectivity index (χ4n) is 2.52. The van der Waals surface area contributed by atoms with Gasteiger partial charge in [0.15, 0.2) is 5.75 Å². The summed E-state index contributed by atoms with van der Waals surface area (Å²) in [5, 5.41) is 14.0. The number of amides is 2. The van der Waals surface area contributed by atoms with E-state index in [-0.39, 0.29) is 36.1 Å². The third kappa shape index (κ3) is 5.23. The van der Waals surface area contributed by atoms with Gasteiger partial charge < -0.3 is 15.0 Å². The number of likely N-dealkylation sites (N-methyl/N-ethyl adjacent to an activating group) is 1. The van der Waals surface area contributed by atoms with E-state index in [4.69, 9.17) is 4.74 Å². The zero-order valence-electron chi connectivity index (χ0n) is 15.8. The van der Waals surface area contributed by atoms with Crippen molar-refractivity contribution >= 4 is 35.0 Å². The van der Waals surface area contributed by atoms with Crippen LogP contribution in [0.5, 0.6) is 5.75 Å². The van der Waals surface area contributed by atoms with Crippen molar-refractivity contribution < 1.29 is 19.2 Å². The van der Waals surface area contributed by atoms with Crippen molar-refractivity contribution in [1.29, 1.82) is 0 Å². The maximum Gasteiger partial charge on any atom is 0.311 e. The first-order valence-electron chi connectivity index (χ1n) is 8.47. The second-order valence-electron chi connectivity index (χ2n) is 5.78. The molecule has 0 aromatic heterocycles. The third-order valence-corrected chi connectivity index (χ3v) is 4.61. The van der Waals surface area contributed by atoms with Crippen molar-refractivity contribution in [1.82, 2.24) is 4.90 Å². The van der Waals surface area contributed by atoms with Gasteiger partial charge in [0.25, 0.3) is 5.91 Å². The van der Waals surface area contributed by atoms with Crippen molar-refractivity contribution in [3.05, 3.63) is 58.1 Å². The monoisotopic (exact) mass is 403 g/mol. The van der Waals surface area contributed by atoms with Crippen LogP contribution in [-0.2, 0) is 4.79 Å². The van der Waals surface area contributed by atoms with Crippen molar-refractivity contribution in [2.45, 2.75) is 11.8 Å². The Hall–Kier alpha value is -3.07. The van der Waals surface area contributed by atoms with Crippen molar-refractivity contribution in [3.8, 4) is 5.75 Å². The van der Waals surface area contributed by atoms with E-state index in [0.29, 0.717) is 5.69 Å². The number of benzene rings is 2. The Morgan fingerprint density at radius 3 is 2.61 bits per heavy atom. The molecule has 2 amide bonds. The molecule has 2 aromatic rings. The number of carbonyl (C=O) groups is 2. The molecule has 0 saturated heterocycles. The predicted molar refractivity (Wildman–Crippen MR) is 108 cm³/mol. The van der Waals surface area contributed by atoms with Gasteiger partial charge in [0.05, 0.1) is 23.8 Å². The van der Waals surface area contributed by atoms with E-state index in [1.807, 2.05) is 24.5 Å². The fourth-order valence-corrected chi connectivity index (χ4v) is 3.07. The Labute approximate surface area is 167 Å². The van der Waals surface area contributed by atoms with Crippen LogP contribution in [0.1, 0.15) is 17.3 Å². The maximum absolute atomic E-state index is 12.6. The Morgan fingerprint density at radius 2 is 1.96 bits per heavy atom. The lowest BCUT2D eigenvalue weighted by Crippen LogP contribution is -2.35. The number of hydrogen-bond acceptors (Lipinski definition) is 6. The number of nitrogens with one attached hydrogen (secondary N) is 1. The topological polar surface area (TPSA) is 102 Å². The molecule has 0 aliphatic rings. The van der Waals surface area contributed by atoms with Gasteiger partial charge in [0, 0.05) is 23.6 Å². The van der Waals surface area contributed by atoms with Crippen LogP contribution in [0.3, 0.4) is 0 Å². The molecule has 2 rings (SSSR count). The summed E-state index contributed by atoms with van der Waals surface area (Å²) in [6.07, 6.45) is 1.90. The van der Waals surface area contributed by atoms with Crippen LogP contribution in [0.4, 0.5) is 11.4 Å². The van der Waals surface area contributed by atoms with Gasteiger partial charge in [-0.2, -0.15) is 0 Å². The van der Waals surface area contributed by atoms with E-state index in [2.05, 4.69) is 5.32 Å². The first kappa shape index (κ1) is 21.2. The molecule has 148 valence electrons. The summed E-state index contributed by atoms with van der Waals surface area (Å²) in [6, 6.07) is 11.3. The van der Waals surface area contributed by atoms with Crippen molar-refractivity contribution in [3.63, 3.8) is 0 Å². The highest BCUT2D eigenvalue weighted by Gasteiger charge is 2.21.